The van der Waals surface area contributed by atoms with E-state index in [0.717, 1.165) is 17.0 Å². The molecule has 1 N–H and O–H groups in total. The van der Waals surface area contributed by atoms with E-state index >= 15 is 0 Å². The molecule has 0 atom stereocenters. The first-order valence-corrected chi connectivity index (χ1v) is 9.09. The minimum atomic E-state index is -4.41. The third-order valence-electron chi connectivity index (χ3n) is 3.57. The molecule has 2 heterocycles. The lowest BCUT2D eigenvalue weighted by atomic mass is 10.1. The summed E-state index contributed by atoms with van der Waals surface area (Å²) in [6.45, 7) is 0.0271. The van der Waals surface area contributed by atoms with E-state index in [2.05, 4.69) is 27.3 Å². The molecule has 0 aliphatic rings. The molecular formula is C19H14F3N3O2S. The largest absolute Gasteiger partial charge is 0.416 e. The van der Waals surface area contributed by atoms with Crippen LogP contribution < -0.4 is 5.32 Å². The van der Waals surface area contributed by atoms with Crippen molar-refractivity contribution in [3.8, 4) is 22.5 Å². The number of amides is 1. The number of aryl methyl sites for hydroxylation is 1. The van der Waals surface area contributed by atoms with Gasteiger partial charge < -0.3 is 9.84 Å². The summed E-state index contributed by atoms with van der Waals surface area (Å²) in [6.07, 6.45) is -3.99. The second kappa shape index (κ2) is 8.71. The molecule has 0 aliphatic heterocycles. The van der Waals surface area contributed by atoms with E-state index < -0.39 is 11.7 Å². The van der Waals surface area contributed by atoms with Crippen molar-refractivity contribution in [3.63, 3.8) is 0 Å². The van der Waals surface area contributed by atoms with E-state index in [-0.39, 0.29) is 30.9 Å². The number of carbonyl (C=O) groups excluding carboxylic acids is 1. The van der Waals surface area contributed by atoms with Gasteiger partial charge in [-0.1, -0.05) is 29.1 Å². The van der Waals surface area contributed by atoms with Gasteiger partial charge in [0.1, 0.15) is 0 Å². The zero-order chi connectivity index (χ0) is 20.0. The van der Waals surface area contributed by atoms with Gasteiger partial charge in [-0.2, -0.15) is 18.2 Å². The third-order valence-corrected chi connectivity index (χ3v) is 4.44. The highest BCUT2D eigenvalue weighted by Crippen LogP contribution is 2.29. The number of hydrogen-bond donors (Lipinski definition) is 1. The minimum Gasteiger partial charge on any atom is -0.345 e. The molecule has 0 saturated heterocycles. The average molecular weight is 405 g/mol. The van der Waals surface area contributed by atoms with Crippen molar-refractivity contribution in [2.45, 2.75) is 19.0 Å². The summed E-state index contributed by atoms with van der Waals surface area (Å²) in [5.74, 6) is 5.80. The Morgan fingerprint density at radius 2 is 2.11 bits per heavy atom. The SMILES string of the molecule is O=C(CCc1nc(-c2cccs2)no1)NCC#Cc1cccc(C(F)(F)F)c1. The molecule has 0 aliphatic carbocycles. The molecule has 144 valence electrons. The molecule has 0 fully saturated rings. The highest BCUT2D eigenvalue weighted by Gasteiger charge is 2.30. The van der Waals surface area contributed by atoms with Crippen LogP contribution in [-0.4, -0.2) is 22.6 Å². The van der Waals surface area contributed by atoms with Crippen LogP contribution in [0.3, 0.4) is 0 Å². The lowest BCUT2D eigenvalue weighted by Gasteiger charge is -2.05. The van der Waals surface area contributed by atoms with Crippen LogP contribution in [0.4, 0.5) is 13.2 Å². The topological polar surface area (TPSA) is 68.0 Å². The summed E-state index contributed by atoms with van der Waals surface area (Å²) < 4.78 is 43.0. The van der Waals surface area contributed by atoms with Crippen molar-refractivity contribution in [3.05, 3.63) is 58.8 Å². The van der Waals surface area contributed by atoms with Crippen LogP contribution in [0.2, 0.25) is 0 Å². The fourth-order valence-corrected chi connectivity index (χ4v) is 2.88. The Morgan fingerprint density at radius 3 is 2.86 bits per heavy atom. The molecule has 3 rings (SSSR count). The van der Waals surface area contributed by atoms with Crippen molar-refractivity contribution in [1.29, 1.82) is 0 Å². The van der Waals surface area contributed by atoms with E-state index in [1.807, 2.05) is 17.5 Å². The predicted octanol–water partition coefficient (Wildman–Crippen LogP) is 3.92. The molecule has 0 saturated carbocycles. The number of hydrogen-bond acceptors (Lipinski definition) is 5. The molecule has 0 bridgehead atoms. The molecule has 9 heteroatoms. The van der Waals surface area contributed by atoms with Gasteiger partial charge in [-0.15, -0.1) is 11.3 Å². The van der Waals surface area contributed by atoms with E-state index in [4.69, 9.17) is 4.52 Å². The highest BCUT2D eigenvalue weighted by atomic mass is 32.1. The van der Waals surface area contributed by atoms with Crippen LogP contribution in [0.25, 0.3) is 10.7 Å². The Balaban J connectivity index is 1.45. The molecule has 1 amide bonds. The van der Waals surface area contributed by atoms with Gasteiger partial charge in [0.05, 0.1) is 17.0 Å². The van der Waals surface area contributed by atoms with Gasteiger partial charge in [0.15, 0.2) is 0 Å². The van der Waals surface area contributed by atoms with Crippen molar-refractivity contribution in [2.24, 2.45) is 0 Å². The molecule has 0 radical (unpaired) electrons. The first-order chi connectivity index (χ1) is 13.4. The number of carbonyl (C=O) groups is 1. The first kappa shape index (κ1) is 19.6. The minimum absolute atomic E-state index is 0.0271. The molecule has 0 unspecified atom stereocenters. The van der Waals surface area contributed by atoms with Crippen LogP contribution in [0.5, 0.6) is 0 Å². The van der Waals surface area contributed by atoms with E-state index in [1.165, 1.54) is 23.5 Å². The number of thiophene rings is 1. The number of alkyl halides is 3. The van der Waals surface area contributed by atoms with Crippen LogP contribution in [0.15, 0.2) is 46.3 Å². The van der Waals surface area contributed by atoms with Gasteiger partial charge in [-0.3, -0.25) is 4.79 Å². The van der Waals surface area contributed by atoms with Crippen molar-refractivity contribution in [1.82, 2.24) is 15.5 Å². The maximum absolute atomic E-state index is 12.6. The Kier molecular flexibility index (Phi) is 6.11. The maximum Gasteiger partial charge on any atom is 0.416 e. The van der Waals surface area contributed by atoms with Gasteiger partial charge in [0, 0.05) is 18.4 Å². The van der Waals surface area contributed by atoms with Crippen LogP contribution >= 0.6 is 11.3 Å². The average Bonchev–Trinajstić information content (AvgIpc) is 3.34. The van der Waals surface area contributed by atoms with Gasteiger partial charge in [0.25, 0.3) is 0 Å². The van der Waals surface area contributed by atoms with Crippen molar-refractivity contribution < 1.29 is 22.5 Å². The fraction of sp³-hybridized carbons (Fsp3) is 0.211. The summed E-state index contributed by atoms with van der Waals surface area (Å²) in [7, 11) is 0. The lowest BCUT2D eigenvalue weighted by Crippen LogP contribution is -2.23. The van der Waals surface area contributed by atoms with Crippen LogP contribution in [0, 0.1) is 11.8 Å². The van der Waals surface area contributed by atoms with Crippen molar-refractivity contribution >= 4 is 17.2 Å². The Labute approximate surface area is 162 Å². The monoisotopic (exact) mass is 405 g/mol. The number of nitrogens with zero attached hydrogens (tertiary/aromatic N) is 2. The Morgan fingerprint density at radius 1 is 1.25 bits per heavy atom. The normalized spacial score (nSPS) is 11.0. The standard InChI is InChI=1S/C19H14F3N3O2S/c20-19(21,22)14-6-1-4-13(12-14)5-2-10-23-16(26)8-9-17-24-18(25-27-17)15-7-3-11-28-15/h1,3-4,6-7,11-12H,8-10H2,(H,23,26). The highest BCUT2D eigenvalue weighted by molar-refractivity contribution is 7.13. The summed E-state index contributed by atoms with van der Waals surface area (Å²) in [4.78, 5) is 16.9. The van der Waals surface area contributed by atoms with E-state index in [9.17, 15) is 18.0 Å². The molecule has 0 spiro atoms. The zero-order valence-electron chi connectivity index (χ0n) is 14.4. The fourth-order valence-electron chi connectivity index (χ4n) is 2.23. The predicted molar refractivity (Wildman–Crippen MR) is 97.3 cm³/mol. The van der Waals surface area contributed by atoms with E-state index in [1.54, 1.807) is 0 Å². The number of halogens is 3. The van der Waals surface area contributed by atoms with Gasteiger partial charge >= 0.3 is 6.18 Å². The maximum atomic E-state index is 12.6. The molecule has 28 heavy (non-hydrogen) atoms. The van der Waals surface area contributed by atoms with Gasteiger partial charge in [0.2, 0.25) is 17.6 Å². The molecule has 1 aromatic carbocycles. The molecular weight excluding hydrogens is 391 g/mol. The quantitative estimate of drug-likeness (QED) is 0.654. The molecule has 3 aromatic rings. The lowest BCUT2D eigenvalue weighted by molar-refractivity contribution is -0.137. The number of rotatable bonds is 5. The van der Waals surface area contributed by atoms with Crippen LogP contribution in [-0.2, 0) is 17.4 Å². The zero-order valence-corrected chi connectivity index (χ0v) is 15.2. The summed E-state index contributed by atoms with van der Waals surface area (Å²) >= 11 is 1.49. The van der Waals surface area contributed by atoms with Gasteiger partial charge in [-0.05, 0) is 29.6 Å². The summed E-state index contributed by atoms with van der Waals surface area (Å²) in [6, 6.07) is 8.47. The second-order valence-electron chi connectivity index (χ2n) is 5.65. The van der Waals surface area contributed by atoms with Crippen LogP contribution in [0.1, 0.15) is 23.4 Å². The summed E-state index contributed by atoms with van der Waals surface area (Å²) in [5, 5.41) is 8.34. The number of aromatic nitrogens is 2. The number of benzene rings is 1. The molecule has 5 nitrogen and oxygen atoms in total. The van der Waals surface area contributed by atoms with Crippen molar-refractivity contribution in [2.75, 3.05) is 6.54 Å². The Hall–Kier alpha value is -3.12. The second-order valence-corrected chi connectivity index (χ2v) is 6.59. The molecule has 2 aromatic heterocycles. The first-order valence-electron chi connectivity index (χ1n) is 8.21. The summed E-state index contributed by atoms with van der Waals surface area (Å²) in [5.41, 5.74) is -0.527. The van der Waals surface area contributed by atoms with Gasteiger partial charge in [-0.25, -0.2) is 0 Å². The van der Waals surface area contributed by atoms with E-state index in [0.29, 0.717) is 11.7 Å². The number of nitrogens with one attached hydrogen (secondary N) is 1. The Bertz CT molecular complexity index is 1000. The third kappa shape index (κ3) is 5.44. The smallest absolute Gasteiger partial charge is 0.345 e.